The number of aliphatic carboxylic acids is 2. The summed E-state index contributed by atoms with van der Waals surface area (Å²) < 4.78 is 0. The van der Waals surface area contributed by atoms with Crippen molar-refractivity contribution in [2.45, 2.75) is 37.8 Å². The van der Waals surface area contributed by atoms with Gasteiger partial charge in [0.15, 0.2) is 0 Å². The molecule has 6 nitrogen and oxygen atoms in total. The van der Waals surface area contributed by atoms with Gasteiger partial charge in [0.05, 0.1) is 11.9 Å². The molecule has 0 aromatic carbocycles. The number of carbonyl (C=O) groups excluding carboxylic acids is 2. The van der Waals surface area contributed by atoms with Gasteiger partial charge in [0.1, 0.15) is 0 Å². The number of carbonyl (C=O) groups is 2. The average Bonchev–Trinajstić information content (AvgIpc) is 2.11. The maximum absolute atomic E-state index is 8.93. The first-order valence-corrected chi connectivity index (χ1v) is 4.29. The number of hydrogen-bond donors (Lipinski definition) is 0. The number of carboxylic acids is 2. The molecular formula is C8H12N2O4Pt. The standard InChI is InChI=1S/C6H12N2.C2H2O4.Pt/c7-5-3-1-2-4-6(5)8;3-1(4)2(5)6;/h5-8H,1-4H2;(H,3,4)(H,5,6);/q-2;;+4/p-2. The van der Waals surface area contributed by atoms with Crippen LogP contribution < -0.4 is 10.2 Å². The molecule has 0 bridgehead atoms. The quantitative estimate of drug-likeness (QED) is 0.482. The molecule has 7 heteroatoms. The second-order valence-corrected chi connectivity index (χ2v) is 3.07. The molecule has 1 fully saturated rings. The van der Waals surface area contributed by atoms with Crippen LogP contribution in [0.3, 0.4) is 0 Å². The minimum absolute atomic E-state index is 0. The Balaban J connectivity index is 0. The monoisotopic (exact) mass is 395 g/mol. The summed E-state index contributed by atoms with van der Waals surface area (Å²) in [6.45, 7) is 0. The molecule has 2 atom stereocenters. The maximum atomic E-state index is 8.93. The molecule has 0 aromatic rings. The van der Waals surface area contributed by atoms with E-state index >= 15 is 0 Å². The average molecular weight is 395 g/mol. The van der Waals surface area contributed by atoms with Crippen LogP contribution in [0.1, 0.15) is 25.7 Å². The number of carboxylic acid groups (broad SMARTS) is 2. The molecule has 0 amide bonds. The molecule has 15 heavy (non-hydrogen) atoms. The van der Waals surface area contributed by atoms with E-state index in [0.717, 1.165) is 12.8 Å². The summed E-state index contributed by atoms with van der Waals surface area (Å²) in [5, 5.41) is 17.9. The fraction of sp³-hybridized carbons (Fsp3) is 0.750. The Morgan fingerprint density at radius 3 is 1.33 bits per heavy atom. The summed E-state index contributed by atoms with van der Waals surface area (Å²) >= 11 is 0. The van der Waals surface area contributed by atoms with Crippen molar-refractivity contribution in [1.29, 1.82) is 0 Å². The molecule has 88 valence electrons. The van der Waals surface area contributed by atoms with E-state index < -0.39 is 11.9 Å². The molecule has 0 saturated heterocycles. The smallest absolute Gasteiger partial charge is 0.676 e. The van der Waals surface area contributed by atoms with Gasteiger partial charge in [-0.2, -0.15) is 12.1 Å². The summed E-state index contributed by atoms with van der Waals surface area (Å²) in [4.78, 5) is 17.9. The van der Waals surface area contributed by atoms with Crippen LogP contribution in [0.5, 0.6) is 0 Å². The molecule has 1 aliphatic rings. The second kappa shape index (κ2) is 8.82. The minimum atomic E-state index is -2.19. The molecule has 0 spiro atoms. The van der Waals surface area contributed by atoms with E-state index in [2.05, 4.69) is 0 Å². The molecule has 1 saturated carbocycles. The van der Waals surface area contributed by atoms with Crippen molar-refractivity contribution in [3.8, 4) is 0 Å². The van der Waals surface area contributed by atoms with Crippen molar-refractivity contribution in [3.63, 3.8) is 0 Å². The third kappa shape index (κ3) is 8.54. The summed E-state index contributed by atoms with van der Waals surface area (Å²) in [6.07, 6.45) is 4.25. The van der Waals surface area contributed by atoms with Crippen LogP contribution in [0.2, 0.25) is 0 Å². The molecule has 0 aliphatic heterocycles. The Bertz CT molecular complexity index is 191. The van der Waals surface area contributed by atoms with E-state index in [1.807, 2.05) is 0 Å². The Labute approximate surface area is 102 Å². The van der Waals surface area contributed by atoms with E-state index in [9.17, 15) is 0 Å². The minimum Gasteiger partial charge on any atom is -0.676 e. The molecule has 0 radical (unpaired) electrons. The van der Waals surface area contributed by atoms with Gasteiger partial charge in [0.25, 0.3) is 0 Å². The van der Waals surface area contributed by atoms with Gasteiger partial charge in [0, 0.05) is 0 Å². The fourth-order valence-corrected chi connectivity index (χ4v) is 1.13. The molecule has 0 aromatic heterocycles. The van der Waals surface area contributed by atoms with Crippen LogP contribution in [0, 0.1) is 0 Å². The van der Waals surface area contributed by atoms with Crippen LogP contribution >= 0.6 is 0 Å². The third-order valence-corrected chi connectivity index (χ3v) is 1.93. The van der Waals surface area contributed by atoms with Gasteiger partial charge in [-0.15, -0.1) is 0 Å². The third-order valence-electron chi connectivity index (χ3n) is 1.93. The van der Waals surface area contributed by atoms with E-state index in [1.165, 1.54) is 12.8 Å². The van der Waals surface area contributed by atoms with E-state index in [4.69, 9.17) is 31.3 Å². The van der Waals surface area contributed by atoms with Gasteiger partial charge >= 0.3 is 21.1 Å². The first-order valence-electron chi connectivity index (χ1n) is 4.29. The fourth-order valence-electron chi connectivity index (χ4n) is 1.13. The zero-order valence-electron chi connectivity index (χ0n) is 7.93. The number of nitrogens with one attached hydrogen (secondary N) is 2. The van der Waals surface area contributed by atoms with Gasteiger partial charge in [-0.1, -0.05) is 25.7 Å². The largest absolute Gasteiger partial charge is 4.00 e. The van der Waals surface area contributed by atoms with Crippen molar-refractivity contribution in [2.24, 2.45) is 0 Å². The molecule has 1 aliphatic carbocycles. The van der Waals surface area contributed by atoms with Gasteiger partial charge < -0.3 is 31.3 Å². The van der Waals surface area contributed by atoms with Crippen LogP contribution in [0.15, 0.2) is 0 Å². The zero-order chi connectivity index (χ0) is 11.1. The van der Waals surface area contributed by atoms with Gasteiger partial charge in [-0.25, -0.2) is 0 Å². The first-order chi connectivity index (χ1) is 6.45. The maximum Gasteiger partial charge on any atom is 4.00 e. The molecule has 0 heterocycles. The summed E-state index contributed by atoms with van der Waals surface area (Å²) in [5.41, 5.74) is 14.6. The van der Waals surface area contributed by atoms with Crippen LogP contribution in [0.4, 0.5) is 0 Å². The summed E-state index contributed by atoms with van der Waals surface area (Å²) in [6, 6.07) is -0.160. The van der Waals surface area contributed by atoms with Gasteiger partial charge in [-0.05, 0) is 0 Å². The Hall–Kier alpha value is -0.452. The second-order valence-electron chi connectivity index (χ2n) is 3.07. The van der Waals surface area contributed by atoms with Crippen molar-refractivity contribution in [1.82, 2.24) is 0 Å². The predicted molar refractivity (Wildman–Crippen MR) is 44.7 cm³/mol. The predicted octanol–water partition coefficient (Wildman–Crippen LogP) is -1.11. The number of hydrogen-bond acceptors (Lipinski definition) is 4. The summed E-state index contributed by atoms with van der Waals surface area (Å²) in [7, 11) is 0. The van der Waals surface area contributed by atoms with E-state index in [1.54, 1.807) is 0 Å². The summed E-state index contributed by atoms with van der Waals surface area (Å²) in [5.74, 6) is -4.37. The van der Waals surface area contributed by atoms with Crippen molar-refractivity contribution in [2.75, 3.05) is 0 Å². The molecule has 2 N–H and O–H groups in total. The van der Waals surface area contributed by atoms with Gasteiger partial charge in [0.2, 0.25) is 0 Å². The van der Waals surface area contributed by atoms with Crippen molar-refractivity contribution in [3.05, 3.63) is 11.5 Å². The normalized spacial score (nSPS) is 24.1. The van der Waals surface area contributed by atoms with Crippen LogP contribution in [-0.2, 0) is 30.7 Å². The molecular weight excluding hydrogens is 383 g/mol. The van der Waals surface area contributed by atoms with Gasteiger partial charge in [-0.3, -0.25) is 0 Å². The first kappa shape index (κ1) is 17.0. The SMILES string of the molecule is O=C([O-])C(=O)[O-].[NH-]C1CCCCC1[NH-].[Pt+4]. The molecule has 2 unspecified atom stereocenters. The number of rotatable bonds is 0. The Kier molecular flexibility index (Phi) is 9.98. The van der Waals surface area contributed by atoms with Crippen molar-refractivity contribution >= 4 is 11.9 Å². The Morgan fingerprint density at radius 1 is 0.933 bits per heavy atom. The molecule has 1 rings (SSSR count). The zero-order valence-corrected chi connectivity index (χ0v) is 10.2. The van der Waals surface area contributed by atoms with E-state index in [-0.39, 0.29) is 33.1 Å². The topological polar surface area (TPSA) is 128 Å². The van der Waals surface area contributed by atoms with Crippen LogP contribution in [-0.4, -0.2) is 24.0 Å². The van der Waals surface area contributed by atoms with E-state index in [0.29, 0.717) is 0 Å². The van der Waals surface area contributed by atoms with Crippen molar-refractivity contribution < 1.29 is 40.9 Å². The Morgan fingerprint density at radius 2 is 1.20 bits per heavy atom. The van der Waals surface area contributed by atoms with Crippen LogP contribution in [0.25, 0.3) is 11.5 Å².